The Morgan fingerprint density at radius 3 is 3.00 bits per heavy atom. The number of nitrogens with zero attached hydrogens (tertiary/aromatic N) is 1. The van der Waals surface area contributed by atoms with Crippen LogP contribution >= 0.6 is 15.9 Å². The van der Waals surface area contributed by atoms with Crippen molar-refractivity contribution in [1.82, 2.24) is 4.90 Å². The van der Waals surface area contributed by atoms with Crippen LogP contribution in [0.5, 0.6) is 0 Å². The van der Waals surface area contributed by atoms with E-state index in [9.17, 15) is 0 Å². The van der Waals surface area contributed by atoms with Crippen LogP contribution in [0.15, 0.2) is 27.3 Å². The summed E-state index contributed by atoms with van der Waals surface area (Å²) in [6, 6.07) is 3.30. The lowest BCUT2D eigenvalue weighted by Crippen LogP contribution is -2.34. The van der Waals surface area contributed by atoms with Gasteiger partial charge in [-0.05, 0) is 53.9 Å². The maximum Gasteiger partial charge on any atom is 0.143 e. The molecule has 0 saturated carbocycles. The van der Waals surface area contributed by atoms with Gasteiger partial charge in [-0.2, -0.15) is 0 Å². The summed E-state index contributed by atoms with van der Waals surface area (Å²) < 4.78 is 6.61. The lowest BCUT2D eigenvalue weighted by molar-refractivity contribution is 0.263. The summed E-state index contributed by atoms with van der Waals surface area (Å²) in [6.45, 7) is 0. The van der Waals surface area contributed by atoms with Gasteiger partial charge in [-0.15, -0.1) is 0 Å². The number of hydrogen-bond donors (Lipinski definition) is 0. The molecule has 1 fully saturated rings. The van der Waals surface area contributed by atoms with Crippen molar-refractivity contribution in [3.8, 4) is 0 Å². The van der Waals surface area contributed by atoms with Crippen LogP contribution in [0.4, 0.5) is 0 Å². The molecule has 2 nitrogen and oxygen atoms in total. The Labute approximate surface area is 98.1 Å². The predicted molar refractivity (Wildman–Crippen MR) is 63.6 cm³/mol. The number of fused-ring (bicyclic) bond motifs is 2. The molecule has 0 aromatic carbocycles. The van der Waals surface area contributed by atoms with Crippen LogP contribution in [0, 0.1) is 0 Å². The smallest absolute Gasteiger partial charge is 0.143 e. The first-order valence-corrected chi connectivity index (χ1v) is 6.21. The van der Waals surface area contributed by atoms with E-state index in [1.807, 2.05) is 6.07 Å². The molecule has 3 heterocycles. The van der Waals surface area contributed by atoms with E-state index < -0.39 is 0 Å². The van der Waals surface area contributed by atoms with Gasteiger partial charge in [0.25, 0.3) is 0 Å². The number of rotatable bonds is 1. The molecule has 3 rings (SSSR count). The molecule has 0 radical (unpaired) electrons. The number of halogens is 1. The minimum Gasteiger partial charge on any atom is -0.463 e. The maximum absolute atomic E-state index is 5.53. The van der Waals surface area contributed by atoms with Gasteiger partial charge >= 0.3 is 0 Å². The SMILES string of the molecule is CN1C2C=C(c3occc3Br)CC1CC2. The zero-order valence-corrected chi connectivity index (χ0v) is 10.3. The van der Waals surface area contributed by atoms with Gasteiger partial charge in [0.2, 0.25) is 0 Å². The lowest BCUT2D eigenvalue weighted by atomic mass is 10.00. The molecule has 15 heavy (non-hydrogen) atoms. The van der Waals surface area contributed by atoms with E-state index in [1.54, 1.807) is 6.26 Å². The highest BCUT2D eigenvalue weighted by molar-refractivity contribution is 9.10. The Kier molecular flexibility index (Phi) is 2.25. The standard InChI is InChI=1S/C12H14BrNO/c1-14-9-2-3-10(14)7-8(6-9)12-11(13)4-5-15-12/h4-6,9-10H,2-3,7H2,1H3. The topological polar surface area (TPSA) is 16.4 Å². The van der Waals surface area contributed by atoms with E-state index in [0.717, 1.165) is 16.7 Å². The quantitative estimate of drug-likeness (QED) is 0.777. The van der Waals surface area contributed by atoms with Gasteiger partial charge in [0, 0.05) is 12.1 Å². The van der Waals surface area contributed by atoms with Crippen LogP contribution in [0.1, 0.15) is 25.0 Å². The fourth-order valence-electron chi connectivity index (χ4n) is 2.73. The summed E-state index contributed by atoms with van der Waals surface area (Å²) in [4.78, 5) is 2.49. The third-order valence-electron chi connectivity index (χ3n) is 3.65. The second-order valence-corrected chi connectivity index (χ2v) is 5.31. The molecule has 2 aliphatic rings. The molecule has 1 aromatic heterocycles. The molecule has 2 unspecified atom stereocenters. The Balaban J connectivity index is 1.97. The Morgan fingerprint density at radius 2 is 2.33 bits per heavy atom. The Hall–Kier alpha value is -0.540. The van der Waals surface area contributed by atoms with Gasteiger partial charge in [0.1, 0.15) is 5.76 Å². The largest absolute Gasteiger partial charge is 0.463 e. The second kappa shape index (κ2) is 3.49. The van der Waals surface area contributed by atoms with Gasteiger partial charge in [0.15, 0.2) is 0 Å². The molecular formula is C12H14BrNO. The molecule has 80 valence electrons. The zero-order valence-electron chi connectivity index (χ0n) is 8.74. The average Bonchev–Trinajstić information content (AvgIpc) is 2.70. The molecule has 0 amide bonds. The maximum atomic E-state index is 5.53. The van der Waals surface area contributed by atoms with E-state index >= 15 is 0 Å². The summed E-state index contributed by atoms with van der Waals surface area (Å²) in [6.07, 6.45) is 7.86. The molecular weight excluding hydrogens is 254 g/mol. The highest BCUT2D eigenvalue weighted by Gasteiger charge is 2.34. The van der Waals surface area contributed by atoms with E-state index in [2.05, 4.69) is 34.0 Å². The molecule has 2 atom stereocenters. The van der Waals surface area contributed by atoms with Crippen LogP contribution in [-0.4, -0.2) is 24.0 Å². The molecule has 2 bridgehead atoms. The molecule has 0 spiro atoms. The normalized spacial score (nSPS) is 30.7. The second-order valence-electron chi connectivity index (χ2n) is 4.46. The third-order valence-corrected chi connectivity index (χ3v) is 4.28. The zero-order chi connectivity index (χ0) is 10.4. The minimum absolute atomic E-state index is 0.621. The van der Waals surface area contributed by atoms with Gasteiger partial charge in [0.05, 0.1) is 10.7 Å². The summed E-state index contributed by atoms with van der Waals surface area (Å²) in [5.74, 6) is 1.03. The predicted octanol–water partition coefficient (Wildman–Crippen LogP) is 3.29. The average molecular weight is 268 g/mol. The van der Waals surface area contributed by atoms with Crippen molar-refractivity contribution in [2.24, 2.45) is 0 Å². The van der Waals surface area contributed by atoms with Crippen molar-refractivity contribution in [3.05, 3.63) is 28.6 Å². The Morgan fingerprint density at radius 1 is 1.47 bits per heavy atom. The van der Waals surface area contributed by atoms with Crippen LogP contribution < -0.4 is 0 Å². The van der Waals surface area contributed by atoms with E-state index in [0.29, 0.717) is 12.1 Å². The number of likely N-dealkylation sites (N-methyl/N-ethyl adjacent to an activating group) is 1. The monoisotopic (exact) mass is 267 g/mol. The summed E-state index contributed by atoms with van der Waals surface area (Å²) in [7, 11) is 2.23. The van der Waals surface area contributed by atoms with Crippen molar-refractivity contribution >= 4 is 21.5 Å². The van der Waals surface area contributed by atoms with Gasteiger partial charge in [-0.3, -0.25) is 4.90 Å². The van der Waals surface area contributed by atoms with Crippen molar-refractivity contribution in [2.45, 2.75) is 31.3 Å². The van der Waals surface area contributed by atoms with Crippen LogP contribution in [0.2, 0.25) is 0 Å². The van der Waals surface area contributed by atoms with Crippen LogP contribution in [0.25, 0.3) is 5.57 Å². The van der Waals surface area contributed by atoms with Crippen molar-refractivity contribution in [2.75, 3.05) is 7.05 Å². The molecule has 1 saturated heterocycles. The summed E-state index contributed by atoms with van der Waals surface area (Å²) >= 11 is 3.53. The number of furan rings is 1. The van der Waals surface area contributed by atoms with Gasteiger partial charge in [-0.1, -0.05) is 6.08 Å². The first kappa shape index (κ1) is 9.67. The molecule has 1 aromatic rings. The van der Waals surface area contributed by atoms with Crippen LogP contribution in [0.3, 0.4) is 0 Å². The third kappa shape index (κ3) is 1.49. The highest BCUT2D eigenvalue weighted by Crippen LogP contribution is 2.39. The van der Waals surface area contributed by atoms with Gasteiger partial charge < -0.3 is 4.42 Å². The summed E-state index contributed by atoms with van der Waals surface area (Å²) in [5.41, 5.74) is 1.37. The van der Waals surface area contributed by atoms with E-state index in [4.69, 9.17) is 4.42 Å². The van der Waals surface area contributed by atoms with E-state index in [-0.39, 0.29) is 0 Å². The summed E-state index contributed by atoms with van der Waals surface area (Å²) in [5, 5.41) is 0. The first-order valence-electron chi connectivity index (χ1n) is 5.41. The highest BCUT2D eigenvalue weighted by atomic mass is 79.9. The van der Waals surface area contributed by atoms with E-state index in [1.165, 1.54) is 18.4 Å². The van der Waals surface area contributed by atoms with Gasteiger partial charge in [-0.25, -0.2) is 0 Å². The lowest BCUT2D eigenvalue weighted by Gasteiger charge is -2.29. The fourth-order valence-corrected chi connectivity index (χ4v) is 3.19. The number of hydrogen-bond acceptors (Lipinski definition) is 2. The molecule has 3 heteroatoms. The van der Waals surface area contributed by atoms with Crippen molar-refractivity contribution in [1.29, 1.82) is 0 Å². The molecule has 2 aliphatic heterocycles. The fraction of sp³-hybridized carbons (Fsp3) is 0.500. The van der Waals surface area contributed by atoms with Crippen molar-refractivity contribution < 1.29 is 4.42 Å². The minimum atomic E-state index is 0.621. The Bertz CT molecular complexity index is 410. The van der Waals surface area contributed by atoms with Crippen LogP contribution in [-0.2, 0) is 0 Å². The molecule has 0 aliphatic carbocycles. The van der Waals surface area contributed by atoms with Crippen molar-refractivity contribution in [3.63, 3.8) is 0 Å². The first-order chi connectivity index (χ1) is 7.25. The molecule has 0 N–H and O–H groups in total.